The van der Waals surface area contributed by atoms with E-state index in [0.29, 0.717) is 0 Å². The Morgan fingerprint density at radius 3 is 2.25 bits per heavy atom. The second-order valence-electron chi connectivity index (χ2n) is 1.80. The number of furan rings is 1. The molecule has 1 rings (SSSR count). The summed E-state index contributed by atoms with van der Waals surface area (Å²) < 4.78 is 5.14. The molecule has 0 atom stereocenters. The molecule has 0 spiro atoms. The molecule has 0 radical (unpaired) electrons. The largest absolute Gasteiger partial charge is 0.465 e. The minimum atomic E-state index is 0.894. The van der Waals surface area contributed by atoms with Gasteiger partial charge < -0.3 is 4.42 Å². The van der Waals surface area contributed by atoms with Crippen LogP contribution in [0.4, 0.5) is 0 Å². The maximum absolute atomic E-state index is 5.14. The molecule has 0 N–H and O–H groups in total. The average Bonchev–Trinajstić information content (AvgIpc) is 1.85. The van der Waals surface area contributed by atoms with Gasteiger partial charge in [0.2, 0.25) is 0 Å². The van der Waals surface area contributed by atoms with Crippen molar-refractivity contribution in [2.45, 2.75) is 18.7 Å². The summed E-state index contributed by atoms with van der Waals surface area (Å²) in [5.74, 6) is 1.82. The smallest absolute Gasteiger partial charge is 0.114 e. The number of hydrogen-bond donors (Lipinski definition) is 1. The first-order valence-electron chi connectivity index (χ1n) is 2.46. The van der Waals surface area contributed by atoms with Gasteiger partial charge in [-0.15, -0.1) is 12.6 Å². The predicted molar refractivity (Wildman–Crippen MR) is 35.4 cm³/mol. The van der Waals surface area contributed by atoms with E-state index in [9.17, 15) is 0 Å². The molecule has 0 aliphatic rings. The fourth-order valence-corrected chi connectivity index (χ4v) is 0.845. The van der Waals surface area contributed by atoms with Crippen LogP contribution in [0.15, 0.2) is 15.4 Å². The summed E-state index contributed by atoms with van der Waals surface area (Å²) in [5, 5.41) is 0. The fraction of sp³-hybridized carbons (Fsp3) is 0.333. The summed E-state index contributed by atoms with van der Waals surface area (Å²) in [6, 6.07) is 1.90. The summed E-state index contributed by atoms with van der Waals surface area (Å²) in [5.41, 5.74) is 0. The number of rotatable bonds is 0. The van der Waals surface area contributed by atoms with Crippen LogP contribution in [-0.2, 0) is 0 Å². The molecule has 1 heterocycles. The normalized spacial score (nSPS) is 9.88. The van der Waals surface area contributed by atoms with Crippen LogP contribution < -0.4 is 0 Å². The summed E-state index contributed by atoms with van der Waals surface area (Å²) in [6.07, 6.45) is 0. The third-order valence-electron chi connectivity index (χ3n) is 1.01. The van der Waals surface area contributed by atoms with E-state index in [4.69, 9.17) is 4.42 Å². The molecule has 1 aromatic heterocycles. The maximum atomic E-state index is 5.14. The first-order chi connectivity index (χ1) is 3.70. The highest BCUT2D eigenvalue weighted by Gasteiger charge is 1.96. The molecule has 0 bridgehead atoms. The van der Waals surface area contributed by atoms with Crippen molar-refractivity contribution in [2.75, 3.05) is 0 Å². The van der Waals surface area contributed by atoms with E-state index >= 15 is 0 Å². The van der Waals surface area contributed by atoms with Crippen LogP contribution in [0.25, 0.3) is 0 Å². The molecule has 1 nitrogen and oxygen atoms in total. The molecule has 0 aliphatic heterocycles. The standard InChI is InChI=1S/C6H8OS/c1-4-3-6(8)5(2)7-4/h3,8H,1-2H3. The number of thiol groups is 1. The summed E-state index contributed by atoms with van der Waals surface area (Å²) in [7, 11) is 0. The molecule has 0 aliphatic carbocycles. The minimum Gasteiger partial charge on any atom is -0.465 e. The highest BCUT2D eigenvalue weighted by Crippen LogP contribution is 2.16. The van der Waals surface area contributed by atoms with Crippen molar-refractivity contribution < 1.29 is 4.42 Å². The van der Waals surface area contributed by atoms with Crippen LogP contribution in [0.1, 0.15) is 11.5 Å². The fourth-order valence-electron chi connectivity index (χ4n) is 0.617. The molecule has 2 heteroatoms. The zero-order valence-corrected chi connectivity index (χ0v) is 5.83. The highest BCUT2D eigenvalue weighted by molar-refractivity contribution is 7.80. The molecule has 8 heavy (non-hydrogen) atoms. The van der Waals surface area contributed by atoms with Gasteiger partial charge in [-0.2, -0.15) is 0 Å². The van der Waals surface area contributed by atoms with Crippen molar-refractivity contribution in [3.05, 3.63) is 17.6 Å². The lowest BCUT2D eigenvalue weighted by Crippen LogP contribution is -1.58. The van der Waals surface area contributed by atoms with Gasteiger partial charge in [0.05, 0.1) is 0 Å². The Balaban J connectivity index is 3.14. The Labute approximate surface area is 54.1 Å². The van der Waals surface area contributed by atoms with Gasteiger partial charge in [0, 0.05) is 4.90 Å². The van der Waals surface area contributed by atoms with Crippen LogP contribution in [0.5, 0.6) is 0 Å². The molecular weight excluding hydrogens is 120 g/mol. The van der Waals surface area contributed by atoms with Gasteiger partial charge in [0.25, 0.3) is 0 Å². The second-order valence-corrected chi connectivity index (χ2v) is 2.28. The van der Waals surface area contributed by atoms with Crippen molar-refractivity contribution >= 4 is 12.6 Å². The van der Waals surface area contributed by atoms with E-state index in [1.165, 1.54) is 0 Å². The molecule has 44 valence electrons. The Bertz CT molecular complexity index is 171. The van der Waals surface area contributed by atoms with Crippen LogP contribution in [0, 0.1) is 13.8 Å². The Morgan fingerprint density at radius 1 is 1.50 bits per heavy atom. The van der Waals surface area contributed by atoms with Gasteiger partial charge in [-0.1, -0.05) is 0 Å². The predicted octanol–water partition coefficient (Wildman–Crippen LogP) is 2.19. The lowest BCUT2D eigenvalue weighted by molar-refractivity contribution is 0.499. The van der Waals surface area contributed by atoms with E-state index in [-0.39, 0.29) is 0 Å². The quantitative estimate of drug-likeness (QED) is 0.528. The third-order valence-corrected chi connectivity index (χ3v) is 1.46. The molecule has 0 fully saturated rings. The number of hydrogen-bond acceptors (Lipinski definition) is 2. The van der Waals surface area contributed by atoms with Crippen molar-refractivity contribution in [1.82, 2.24) is 0 Å². The van der Waals surface area contributed by atoms with Crippen molar-refractivity contribution in [2.24, 2.45) is 0 Å². The van der Waals surface area contributed by atoms with E-state index < -0.39 is 0 Å². The molecule has 0 amide bonds. The summed E-state index contributed by atoms with van der Waals surface area (Å²) >= 11 is 4.12. The Kier molecular flexibility index (Phi) is 1.34. The number of aryl methyl sites for hydroxylation is 2. The van der Waals surface area contributed by atoms with E-state index in [0.717, 1.165) is 16.4 Å². The zero-order chi connectivity index (χ0) is 6.15. The van der Waals surface area contributed by atoms with Crippen LogP contribution in [0.3, 0.4) is 0 Å². The monoisotopic (exact) mass is 128 g/mol. The van der Waals surface area contributed by atoms with Crippen LogP contribution in [0.2, 0.25) is 0 Å². The van der Waals surface area contributed by atoms with Gasteiger partial charge in [-0.25, -0.2) is 0 Å². The minimum absolute atomic E-state index is 0.894. The van der Waals surface area contributed by atoms with Gasteiger partial charge in [-0.05, 0) is 19.9 Å². The Morgan fingerprint density at radius 2 is 2.12 bits per heavy atom. The first-order valence-corrected chi connectivity index (χ1v) is 2.91. The average molecular weight is 128 g/mol. The van der Waals surface area contributed by atoms with Crippen molar-refractivity contribution in [1.29, 1.82) is 0 Å². The first kappa shape index (κ1) is 5.76. The SMILES string of the molecule is Cc1cc(S)c(C)o1. The maximum Gasteiger partial charge on any atom is 0.114 e. The molecule has 1 aromatic rings. The van der Waals surface area contributed by atoms with E-state index in [1.807, 2.05) is 19.9 Å². The lowest BCUT2D eigenvalue weighted by Gasteiger charge is -1.79. The molecule has 0 saturated carbocycles. The lowest BCUT2D eigenvalue weighted by atomic mass is 10.4. The van der Waals surface area contributed by atoms with Gasteiger partial charge in [-0.3, -0.25) is 0 Å². The third kappa shape index (κ3) is 0.892. The molecule has 0 saturated heterocycles. The van der Waals surface area contributed by atoms with Crippen molar-refractivity contribution in [3.8, 4) is 0 Å². The van der Waals surface area contributed by atoms with Crippen molar-refractivity contribution in [3.63, 3.8) is 0 Å². The van der Waals surface area contributed by atoms with Gasteiger partial charge >= 0.3 is 0 Å². The van der Waals surface area contributed by atoms with Crippen LogP contribution in [-0.4, -0.2) is 0 Å². The highest BCUT2D eigenvalue weighted by atomic mass is 32.1. The summed E-state index contributed by atoms with van der Waals surface area (Å²) in [4.78, 5) is 0.933. The Hall–Kier alpha value is -0.370. The molecule has 0 unspecified atom stereocenters. The van der Waals surface area contributed by atoms with E-state index in [1.54, 1.807) is 0 Å². The summed E-state index contributed by atoms with van der Waals surface area (Å²) in [6.45, 7) is 3.81. The topological polar surface area (TPSA) is 13.1 Å². The van der Waals surface area contributed by atoms with E-state index in [2.05, 4.69) is 12.6 Å². The molecule has 0 aromatic carbocycles. The van der Waals surface area contributed by atoms with Gasteiger partial charge in [0.1, 0.15) is 11.5 Å². The molecular formula is C6H8OS. The second kappa shape index (κ2) is 1.86. The van der Waals surface area contributed by atoms with Gasteiger partial charge in [0.15, 0.2) is 0 Å². The van der Waals surface area contributed by atoms with Crippen LogP contribution >= 0.6 is 12.6 Å². The zero-order valence-electron chi connectivity index (χ0n) is 4.93.